The number of amides is 2. The smallest absolute Gasteiger partial charge is 0.305 e. The molecule has 3 rings (SSSR count). The SMILES string of the molecule is O=C(NNC(=O)c1ccco1)c1ccc(OCC2CCCO2)cc1. The number of hydrazine groups is 1. The number of rotatable bonds is 5. The van der Waals surface area contributed by atoms with Gasteiger partial charge in [-0.2, -0.15) is 0 Å². The van der Waals surface area contributed by atoms with E-state index in [1.165, 1.54) is 12.3 Å². The Hall–Kier alpha value is -2.80. The highest BCUT2D eigenvalue weighted by atomic mass is 16.5. The summed E-state index contributed by atoms with van der Waals surface area (Å²) in [4.78, 5) is 23.6. The maximum atomic E-state index is 12.0. The van der Waals surface area contributed by atoms with Crippen molar-refractivity contribution in [2.75, 3.05) is 13.2 Å². The highest BCUT2D eigenvalue weighted by molar-refractivity contribution is 5.97. The zero-order valence-electron chi connectivity index (χ0n) is 13.0. The Bertz CT molecular complexity index is 676. The van der Waals surface area contributed by atoms with Crippen molar-refractivity contribution in [3.8, 4) is 5.75 Å². The Morgan fingerprint density at radius 1 is 1.12 bits per heavy atom. The van der Waals surface area contributed by atoms with Gasteiger partial charge in [-0.05, 0) is 49.2 Å². The van der Waals surface area contributed by atoms with Gasteiger partial charge in [0, 0.05) is 12.2 Å². The van der Waals surface area contributed by atoms with Crippen LogP contribution in [0.3, 0.4) is 0 Å². The number of hydrogen-bond donors (Lipinski definition) is 2. The molecule has 0 bridgehead atoms. The van der Waals surface area contributed by atoms with E-state index in [-0.39, 0.29) is 11.9 Å². The van der Waals surface area contributed by atoms with Crippen LogP contribution in [0.15, 0.2) is 47.1 Å². The third kappa shape index (κ3) is 4.14. The predicted octanol–water partition coefficient (Wildman–Crippen LogP) is 1.91. The fraction of sp³-hybridized carbons (Fsp3) is 0.294. The van der Waals surface area contributed by atoms with Crippen molar-refractivity contribution in [3.63, 3.8) is 0 Å². The first-order valence-corrected chi connectivity index (χ1v) is 7.71. The topological polar surface area (TPSA) is 89.8 Å². The molecule has 0 spiro atoms. The monoisotopic (exact) mass is 330 g/mol. The normalized spacial score (nSPS) is 16.6. The second kappa shape index (κ2) is 7.65. The summed E-state index contributed by atoms with van der Waals surface area (Å²) in [6.07, 6.45) is 3.60. The number of carbonyl (C=O) groups is 2. The van der Waals surface area contributed by atoms with Gasteiger partial charge in [0.15, 0.2) is 5.76 Å². The van der Waals surface area contributed by atoms with Gasteiger partial charge in [-0.3, -0.25) is 20.4 Å². The maximum absolute atomic E-state index is 12.0. The Balaban J connectivity index is 1.47. The van der Waals surface area contributed by atoms with Crippen LogP contribution in [0.1, 0.15) is 33.8 Å². The van der Waals surface area contributed by atoms with Crippen molar-refractivity contribution in [2.45, 2.75) is 18.9 Å². The van der Waals surface area contributed by atoms with Gasteiger partial charge in [0.05, 0.1) is 12.4 Å². The van der Waals surface area contributed by atoms with E-state index in [4.69, 9.17) is 13.9 Å². The number of ether oxygens (including phenoxy) is 2. The van der Waals surface area contributed by atoms with Crippen LogP contribution in [0.25, 0.3) is 0 Å². The molecule has 7 heteroatoms. The van der Waals surface area contributed by atoms with Crippen molar-refractivity contribution in [3.05, 3.63) is 54.0 Å². The van der Waals surface area contributed by atoms with Crippen LogP contribution in [0.4, 0.5) is 0 Å². The largest absolute Gasteiger partial charge is 0.491 e. The summed E-state index contributed by atoms with van der Waals surface area (Å²) in [5.41, 5.74) is 5.01. The van der Waals surface area contributed by atoms with Crippen LogP contribution in [0.2, 0.25) is 0 Å². The first kappa shape index (κ1) is 16.1. The van der Waals surface area contributed by atoms with Gasteiger partial charge in [0.25, 0.3) is 5.91 Å². The number of furan rings is 1. The molecule has 24 heavy (non-hydrogen) atoms. The molecule has 7 nitrogen and oxygen atoms in total. The molecule has 1 aromatic heterocycles. The van der Waals surface area contributed by atoms with Gasteiger partial charge < -0.3 is 13.9 Å². The number of hydrogen-bond acceptors (Lipinski definition) is 5. The van der Waals surface area contributed by atoms with Gasteiger partial charge in [-0.25, -0.2) is 0 Å². The van der Waals surface area contributed by atoms with Crippen molar-refractivity contribution < 1.29 is 23.5 Å². The Morgan fingerprint density at radius 2 is 1.92 bits per heavy atom. The minimum atomic E-state index is -0.523. The van der Waals surface area contributed by atoms with E-state index in [0.717, 1.165) is 19.4 Å². The van der Waals surface area contributed by atoms with Crippen LogP contribution >= 0.6 is 0 Å². The summed E-state index contributed by atoms with van der Waals surface area (Å²) in [7, 11) is 0. The lowest BCUT2D eigenvalue weighted by molar-refractivity contribution is 0.0679. The zero-order chi connectivity index (χ0) is 16.8. The molecule has 0 saturated carbocycles. The van der Waals surface area contributed by atoms with Crippen molar-refractivity contribution >= 4 is 11.8 Å². The van der Waals surface area contributed by atoms with Crippen LogP contribution in [-0.4, -0.2) is 31.1 Å². The molecule has 1 atom stereocenters. The highest BCUT2D eigenvalue weighted by Gasteiger charge is 2.16. The van der Waals surface area contributed by atoms with E-state index in [1.807, 2.05) is 0 Å². The second-order valence-corrected chi connectivity index (χ2v) is 5.36. The first-order chi connectivity index (χ1) is 11.7. The lowest BCUT2D eigenvalue weighted by atomic mass is 10.2. The Kier molecular flexibility index (Phi) is 5.12. The van der Waals surface area contributed by atoms with Crippen LogP contribution in [0.5, 0.6) is 5.75 Å². The van der Waals surface area contributed by atoms with Crippen molar-refractivity contribution in [2.24, 2.45) is 0 Å². The lowest BCUT2D eigenvalue weighted by Gasteiger charge is -2.11. The standard InChI is InChI=1S/C17H18N2O5/c20-16(18-19-17(21)15-4-2-10-23-15)12-5-7-13(8-6-12)24-11-14-3-1-9-22-14/h2,4-8,10,14H,1,3,9,11H2,(H,18,20)(H,19,21). The fourth-order valence-electron chi connectivity index (χ4n) is 2.32. The van der Waals surface area contributed by atoms with E-state index in [2.05, 4.69) is 10.9 Å². The van der Waals surface area contributed by atoms with Gasteiger partial charge in [0.1, 0.15) is 12.4 Å². The van der Waals surface area contributed by atoms with Crippen LogP contribution < -0.4 is 15.6 Å². The second-order valence-electron chi connectivity index (χ2n) is 5.36. The molecule has 1 fully saturated rings. The molecule has 2 N–H and O–H groups in total. The molecular weight excluding hydrogens is 312 g/mol. The summed E-state index contributed by atoms with van der Waals surface area (Å²) in [5, 5.41) is 0. The molecule has 1 aliphatic rings. The molecule has 2 heterocycles. The van der Waals surface area contributed by atoms with E-state index in [0.29, 0.717) is 17.9 Å². The molecule has 2 amide bonds. The molecule has 1 unspecified atom stereocenters. The molecule has 1 aromatic carbocycles. The average molecular weight is 330 g/mol. The summed E-state index contributed by atoms with van der Waals surface area (Å²) in [5.74, 6) is -0.166. The molecular formula is C17H18N2O5. The Morgan fingerprint density at radius 3 is 2.58 bits per heavy atom. The Labute approximate surface area is 138 Å². The molecule has 1 saturated heterocycles. The molecule has 1 aliphatic heterocycles. The van der Waals surface area contributed by atoms with Gasteiger partial charge >= 0.3 is 5.91 Å². The third-order valence-corrected chi connectivity index (χ3v) is 3.61. The first-order valence-electron chi connectivity index (χ1n) is 7.71. The number of nitrogens with one attached hydrogen (secondary N) is 2. The van der Waals surface area contributed by atoms with E-state index in [1.54, 1.807) is 30.3 Å². The van der Waals surface area contributed by atoms with Crippen LogP contribution in [-0.2, 0) is 4.74 Å². The van der Waals surface area contributed by atoms with Gasteiger partial charge in [0.2, 0.25) is 0 Å². The molecule has 0 aliphatic carbocycles. The third-order valence-electron chi connectivity index (χ3n) is 3.61. The number of benzene rings is 1. The molecule has 2 aromatic rings. The molecule has 126 valence electrons. The number of carbonyl (C=O) groups excluding carboxylic acids is 2. The predicted molar refractivity (Wildman–Crippen MR) is 84.6 cm³/mol. The summed E-state index contributed by atoms with van der Waals surface area (Å²) < 4.78 is 16.0. The van der Waals surface area contributed by atoms with Crippen molar-refractivity contribution in [1.29, 1.82) is 0 Å². The zero-order valence-corrected chi connectivity index (χ0v) is 13.0. The molecule has 0 radical (unpaired) electrons. The van der Waals surface area contributed by atoms with E-state index < -0.39 is 11.8 Å². The summed E-state index contributed by atoms with van der Waals surface area (Å²) in [6.45, 7) is 1.29. The summed E-state index contributed by atoms with van der Waals surface area (Å²) in [6, 6.07) is 9.75. The van der Waals surface area contributed by atoms with E-state index >= 15 is 0 Å². The van der Waals surface area contributed by atoms with Gasteiger partial charge in [-0.15, -0.1) is 0 Å². The lowest BCUT2D eigenvalue weighted by Crippen LogP contribution is -2.41. The fourth-order valence-corrected chi connectivity index (χ4v) is 2.32. The summed E-state index contributed by atoms with van der Waals surface area (Å²) >= 11 is 0. The van der Waals surface area contributed by atoms with E-state index in [9.17, 15) is 9.59 Å². The quantitative estimate of drug-likeness (QED) is 0.818. The maximum Gasteiger partial charge on any atom is 0.305 e. The van der Waals surface area contributed by atoms with Crippen molar-refractivity contribution in [1.82, 2.24) is 10.9 Å². The minimum Gasteiger partial charge on any atom is -0.491 e. The minimum absolute atomic E-state index is 0.119. The average Bonchev–Trinajstić information content (AvgIpc) is 3.31. The van der Waals surface area contributed by atoms with Gasteiger partial charge in [-0.1, -0.05) is 0 Å². The van der Waals surface area contributed by atoms with Crippen LogP contribution in [0, 0.1) is 0 Å². The highest BCUT2D eigenvalue weighted by Crippen LogP contribution is 2.16.